The molecule has 7 nitrogen and oxygen atoms in total. The van der Waals surface area contributed by atoms with Crippen LogP contribution in [-0.2, 0) is 6.54 Å². The van der Waals surface area contributed by atoms with Crippen molar-refractivity contribution in [3.63, 3.8) is 0 Å². The van der Waals surface area contributed by atoms with Gasteiger partial charge in [0.1, 0.15) is 0 Å². The highest BCUT2D eigenvalue weighted by molar-refractivity contribution is 6.00. The Labute approximate surface area is 208 Å². The second-order valence-electron chi connectivity index (χ2n) is 9.43. The van der Waals surface area contributed by atoms with E-state index in [9.17, 15) is 4.79 Å². The third kappa shape index (κ3) is 5.00. The molecular weight excluding hydrogens is 436 g/mol. The molecule has 1 amide bonds. The fourth-order valence-corrected chi connectivity index (χ4v) is 4.42. The Balaban J connectivity index is 1.59. The molecule has 0 saturated carbocycles. The largest absolute Gasteiger partial charge is 0.345 e. The molecule has 0 bridgehead atoms. The molecule has 1 aliphatic heterocycles. The molecule has 0 radical (unpaired) electrons. The predicted molar refractivity (Wildman–Crippen MR) is 143 cm³/mol. The number of rotatable bonds is 9. The van der Waals surface area contributed by atoms with Gasteiger partial charge in [-0.3, -0.25) is 4.79 Å². The Morgan fingerprint density at radius 2 is 1.94 bits per heavy atom. The minimum absolute atomic E-state index is 0.00320. The Kier molecular flexibility index (Phi) is 7.08. The van der Waals surface area contributed by atoms with Crippen LogP contribution in [0.4, 0.5) is 11.6 Å². The number of anilines is 2. The van der Waals surface area contributed by atoms with Crippen LogP contribution in [0, 0.1) is 13.8 Å². The summed E-state index contributed by atoms with van der Waals surface area (Å²) in [5.41, 5.74) is 8.11. The van der Waals surface area contributed by atoms with Gasteiger partial charge in [-0.2, -0.15) is 4.98 Å². The number of carbonyl (C=O) groups is 1. The standard InChI is InChI=1S/C28H36N6O/c1-8-33(7)13-12-17(3)21-10-11-22(18(4)14-21)26-31-28(34(9-2)32-26)30-25-16-23-20(6)29-27(35)24(23)15-19(25)5/h10-11,14-16,20H,3,8-9,12-13H2,1-2,4-7H3,(H,29,35)(H,30,31,32). The zero-order chi connectivity index (χ0) is 25.3. The Morgan fingerprint density at radius 1 is 1.17 bits per heavy atom. The van der Waals surface area contributed by atoms with Gasteiger partial charge in [0, 0.05) is 29.9 Å². The molecule has 0 saturated heterocycles. The van der Waals surface area contributed by atoms with Gasteiger partial charge in [0.2, 0.25) is 5.95 Å². The smallest absolute Gasteiger partial charge is 0.252 e. The maximum Gasteiger partial charge on any atom is 0.252 e. The fraction of sp³-hybridized carbons (Fsp3) is 0.393. The van der Waals surface area contributed by atoms with E-state index in [1.165, 1.54) is 0 Å². The number of nitrogens with zero attached hydrogens (tertiary/aromatic N) is 4. The highest BCUT2D eigenvalue weighted by atomic mass is 16.2. The van der Waals surface area contributed by atoms with Crippen LogP contribution in [0.25, 0.3) is 17.0 Å². The molecule has 0 spiro atoms. The summed E-state index contributed by atoms with van der Waals surface area (Å²) < 4.78 is 1.88. The van der Waals surface area contributed by atoms with Crippen LogP contribution in [0.5, 0.6) is 0 Å². The number of fused-ring (bicyclic) bond motifs is 1. The quantitative estimate of drug-likeness (QED) is 0.431. The summed E-state index contributed by atoms with van der Waals surface area (Å²) in [5, 5.41) is 11.2. The van der Waals surface area contributed by atoms with E-state index in [1.54, 1.807) is 0 Å². The first-order chi connectivity index (χ1) is 16.7. The van der Waals surface area contributed by atoms with Crippen LogP contribution in [0.3, 0.4) is 0 Å². The Bertz CT molecular complexity index is 1270. The Morgan fingerprint density at radius 3 is 2.63 bits per heavy atom. The summed E-state index contributed by atoms with van der Waals surface area (Å²) in [6, 6.07) is 10.4. The zero-order valence-electron chi connectivity index (χ0n) is 21.7. The molecule has 184 valence electrons. The lowest BCUT2D eigenvalue weighted by molar-refractivity contribution is 0.0958. The van der Waals surface area contributed by atoms with Crippen molar-refractivity contribution in [1.82, 2.24) is 25.0 Å². The van der Waals surface area contributed by atoms with Gasteiger partial charge in [0.25, 0.3) is 5.91 Å². The molecular formula is C28H36N6O. The normalized spacial score (nSPS) is 14.8. The highest BCUT2D eigenvalue weighted by Crippen LogP contribution is 2.32. The lowest BCUT2D eigenvalue weighted by Gasteiger charge is -2.15. The van der Waals surface area contributed by atoms with Crippen LogP contribution in [0.15, 0.2) is 36.9 Å². The van der Waals surface area contributed by atoms with Crippen LogP contribution < -0.4 is 10.6 Å². The maximum absolute atomic E-state index is 12.2. The van der Waals surface area contributed by atoms with E-state index in [0.717, 1.165) is 64.2 Å². The summed E-state index contributed by atoms with van der Waals surface area (Å²) in [5.74, 6) is 1.37. The van der Waals surface area contributed by atoms with E-state index in [0.29, 0.717) is 18.3 Å². The van der Waals surface area contributed by atoms with Gasteiger partial charge < -0.3 is 15.5 Å². The first-order valence-electron chi connectivity index (χ1n) is 12.4. The van der Waals surface area contributed by atoms with Crippen LogP contribution >= 0.6 is 0 Å². The second kappa shape index (κ2) is 10.0. The number of benzene rings is 2. The topological polar surface area (TPSA) is 75.1 Å². The summed E-state index contributed by atoms with van der Waals surface area (Å²) in [4.78, 5) is 19.3. The molecule has 4 rings (SSSR count). The number of hydrogen-bond donors (Lipinski definition) is 2. The minimum Gasteiger partial charge on any atom is -0.345 e. The van der Waals surface area contributed by atoms with Gasteiger partial charge in [0.05, 0.1) is 6.04 Å². The van der Waals surface area contributed by atoms with Crippen molar-refractivity contribution < 1.29 is 4.79 Å². The number of nitrogens with one attached hydrogen (secondary N) is 2. The summed E-state index contributed by atoms with van der Waals surface area (Å²) in [6.45, 7) is 17.3. The molecule has 0 fully saturated rings. The van der Waals surface area contributed by atoms with Crippen molar-refractivity contribution in [2.75, 3.05) is 25.5 Å². The van der Waals surface area contributed by atoms with E-state index in [4.69, 9.17) is 10.1 Å². The molecule has 1 aromatic heterocycles. The van der Waals surface area contributed by atoms with Crippen molar-refractivity contribution in [1.29, 1.82) is 0 Å². The average molecular weight is 473 g/mol. The van der Waals surface area contributed by atoms with Gasteiger partial charge >= 0.3 is 0 Å². The van der Waals surface area contributed by atoms with Crippen molar-refractivity contribution in [3.05, 3.63) is 64.7 Å². The minimum atomic E-state index is -0.0138. The van der Waals surface area contributed by atoms with Gasteiger partial charge in [-0.25, -0.2) is 4.68 Å². The second-order valence-corrected chi connectivity index (χ2v) is 9.43. The van der Waals surface area contributed by atoms with E-state index in [2.05, 4.69) is 68.1 Å². The van der Waals surface area contributed by atoms with E-state index < -0.39 is 0 Å². The van der Waals surface area contributed by atoms with E-state index in [-0.39, 0.29) is 11.9 Å². The molecule has 2 aromatic carbocycles. The lowest BCUT2D eigenvalue weighted by Crippen LogP contribution is -2.18. The van der Waals surface area contributed by atoms with E-state index in [1.807, 2.05) is 30.7 Å². The molecule has 1 atom stereocenters. The summed E-state index contributed by atoms with van der Waals surface area (Å²) >= 11 is 0. The van der Waals surface area contributed by atoms with Gasteiger partial charge in [-0.1, -0.05) is 31.7 Å². The SMILES string of the molecule is C=C(CCN(C)CC)c1ccc(-c2nc(Nc3cc4c(cc3C)C(=O)NC4C)n(CC)n2)c(C)c1. The molecule has 0 aliphatic carbocycles. The molecule has 7 heteroatoms. The number of amides is 1. The monoisotopic (exact) mass is 472 g/mol. The van der Waals surface area contributed by atoms with Crippen molar-refractivity contribution >= 4 is 23.1 Å². The van der Waals surface area contributed by atoms with E-state index >= 15 is 0 Å². The van der Waals surface area contributed by atoms with Gasteiger partial charge in [-0.15, -0.1) is 5.10 Å². The van der Waals surface area contributed by atoms with Crippen molar-refractivity contribution in [2.45, 2.75) is 53.6 Å². The van der Waals surface area contributed by atoms with Gasteiger partial charge in [-0.05, 0) is 87.7 Å². The van der Waals surface area contributed by atoms with Crippen molar-refractivity contribution in [2.24, 2.45) is 0 Å². The van der Waals surface area contributed by atoms with Gasteiger partial charge in [0.15, 0.2) is 5.82 Å². The molecule has 3 aromatic rings. The number of hydrogen-bond acceptors (Lipinski definition) is 5. The maximum atomic E-state index is 12.2. The number of carbonyl (C=O) groups excluding carboxylic acids is 1. The third-order valence-corrected chi connectivity index (χ3v) is 6.88. The first-order valence-corrected chi connectivity index (χ1v) is 12.4. The molecule has 1 unspecified atom stereocenters. The van der Waals surface area contributed by atoms with Crippen LogP contribution in [0.1, 0.15) is 65.8 Å². The van der Waals surface area contributed by atoms with Crippen molar-refractivity contribution in [3.8, 4) is 11.4 Å². The van der Waals surface area contributed by atoms with Crippen LogP contribution in [-0.4, -0.2) is 45.7 Å². The number of aryl methyl sites for hydroxylation is 3. The summed E-state index contributed by atoms with van der Waals surface area (Å²) in [6.07, 6.45) is 0.944. The third-order valence-electron chi connectivity index (χ3n) is 6.88. The number of aromatic nitrogens is 3. The Hall–Kier alpha value is -3.45. The predicted octanol–water partition coefficient (Wildman–Crippen LogP) is 5.48. The fourth-order valence-electron chi connectivity index (χ4n) is 4.42. The average Bonchev–Trinajstić information content (AvgIpc) is 3.36. The summed E-state index contributed by atoms with van der Waals surface area (Å²) in [7, 11) is 2.13. The molecule has 2 heterocycles. The molecule has 35 heavy (non-hydrogen) atoms. The zero-order valence-corrected chi connectivity index (χ0v) is 21.7. The lowest BCUT2D eigenvalue weighted by atomic mass is 9.98. The first kappa shape index (κ1) is 24.7. The van der Waals surface area contributed by atoms with Crippen LogP contribution in [0.2, 0.25) is 0 Å². The molecule has 2 N–H and O–H groups in total. The highest BCUT2D eigenvalue weighted by Gasteiger charge is 2.26. The molecule has 1 aliphatic rings.